The summed E-state index contributed by atoms with van der Waals surface area (Å²) in [6, 6.07) is 7.57. The lowest BCUT2D eigenvalue weighted by Gasteiger charge is -2.19. The highest BCUT2D eigenvalue weighted by Crippen LogP contribution is 2.12. The molecular formula is C13H16ClNO2. The molecule has 0 unspecified atom stereocenters. The van der Waals surface area contributed by atoms with Gasteiger partial charge in [0.2, 0.25) is 0 Å². The van der Waals surface area contributed by atoms with E-state index in [1.807, 2.05) is 29.2 Å². The molecule has 0 amide bonds. The van der Waals surface area contributed by atoms with E-state index >= 15 is 0 Å². The molecule has 0 saturated carbocycles. The predicted octanol–water partition coefficient (Wildman–Crippen LogP) is 2.80. The third kappa shape index (κ3) is 5.52. The number of rotatable bonds is 7. The zero-order chi connectivity index (χ0) is 12.7. The smallest absolute Gasteiger partial charge is 0.304 e. The first kappa shape index (κ1) is 13.7. The second kappa shape index (κ2) is 7.09. The van der Waals surface area contributed by atoms with E-state index in [0.29, 0.717) is 24.7 Å². The number of carbonyl (C=O) groups is 1. The van der Waals surface area contributed by atoms with Crippen LogP contribution in [0, 0.1) is 0 Å². The molecule has 17 heavy (non-hydrogen) atoms. The molecule has 0 spiro atoms. The first-order valence-corrected chi connectivity index (χ1v) is 5.79. The van der Waals surface area contributed by atoms with Crippen molar-refractivity contribution in [3.05, 3.63) is 47.5 Å². The fourth-order valence-electron chi connectivity index (χ4n) is 1.56. The molecule has 1 N–H and O–H groups in total. The van der Waals surface area contributed by atoms with Gasteiger partial charge in [0, 0.05) is 24.7 Å². The topological polar surface area (TPSA) is 40.5 Å². The maximum atomic E-state index is 10.5. The van der Waals surface area contributed by atoms with Crippen LogP contribution in [0.3, 0.4) is 0 Å². The summed E-state index contributed by atoms with van der Waals surface area (Å²) in [4.78, 5) is 12.6. The normalized spacial score (nSPS) is 10.5. The summed E-state index contributed by atoms with van der Waals surface area (Å²) in [6.45, 7) is 5.53. The standard InChI is InChI=1S/C13H16ClNO2/c1-2-7-15(8-6-13(16)17)10-11-4-3-5-12(14)9-11/h2-5,9H,1,6-8,10H2,(H,16,17). The average Bonchev–Trinajstić information content (AvgIpc) is 2.26. The monoisotopic (exact) mass is 253 g/mol. The molecule has 0 aromatic heterocycles. The van der Waals surface area contributed by atoms with Gasteiger partial charge in [0.25, 0.3) is 0 Å². The summed E-state index contributed by atoms with van der Waals surface area (Å²) >= 11 is 5.90. The van der Waals surface area contributed by atoms with Crippen LogP contribution in [0.25, 0.3) is 0 Å². The Hall–Kier alpha value is -1.32. The molecule has 92 valence electrons. The fourth-order valence-corrected chi connectivity index (χ4v) is 1.78. The lowest BCUT2D eigenvalue weighted by atomic mass is 10.2. The van der Waals surface area contributed by atoms with Crippen LogP contribution in [0.2, 0.25) is 5.02 Å². The maximum absolute atomic E-state index is 10.5. The van der Waals surface area contributed by atoms with Crippen molar-refractivity contribution in [1.29, 1.82) is 0 Å². The summed E-state index contributed by atoms with van der Waals surface area (Å²) in [7, 11) is 0. The lowest BCUT2D eigenvalue weighted by Crippen LogP contribution is -2.26. The Balaban J connectivity index is 2.59. The Kier molecular flexibility index (Phi) is 5.73. The van der Waals surface area contributed by atoms with E-state index in [2.05, 4.69) is 6.58 Å². The van der Waals surface area contributed by atoms with Crippen molar-refractivity contribution in [2.24, 2.45) is 0 Å². The summed E-state index contributed by atoms with van der Waals surface area (Å²) in [5.41, 5.74) is 1.07. The van der Waals surface area contributed by atoms with Crippen LogP contribution in [0.4, 0.5) is 0 Å². The third-order valence-corrected chi connectivity index (χ3v) is 2.56. The molecule has 0 aliphatic rings. The number of nitrogens with zero attached hydrogens (tertiary/aromatic N) is 1. The molecule has 4 heteroatoms. The van der Waals surface area contributed by atoms with Gasteiger partial charge in [-0.2, -0.15) is 0 Å². The van der Waals surface area contributed by atoms with Gasteiger partial charge in [0.05, 0.1) is 6.42 Å². The van der Waals surface area contributed by atoms with Gasteiger partial charge in [-0.1, -0.05) is 29.8 Å². The molecule has 0 heterocycles. The van der Waals surface area contributed by atoms with Crippen LogP contribution in [-0.2, 0) is 11.3 Å². The van der Waals surface area contributed by atoms with Crippen LogP contribution in [0.5, 0.6) is 0 Å². The Morgan fingerprint density at radius 3 is 2.88 bits per heavy atom. The number of hydrogen-bond donors (Lipinski definition) is 1. The van der Waals surface area contributed by atoms with Crippen molar-refractivity contribution in [2.45, 2.75) is 13.0 Å². The van der Waals surface area contributed by atoms with Gasteiger partial charge in [-0.3, -0.25) is 9.69 Å². The lowest BCUT2D eigenvalue weighted by molar-refractivity contribution is -0.137. The number of carboxylic acid groups (broad SMARTS) is 1. The molecule has 0 radical (unpaired) electrons. The average molecular weight is 254 g/mol. The fraction of sp³-hybridized carbons (Fsp3) is 0.308. The van der Waals surface area contributed by atoms with Crippen LogP contribution in [-0.4, -0.2) is 29.1 Å². The number of aliphatic carboxylic acids is 1. The summed E-state index contributed by atoms with van der Waals surface area (Å²) < 4.78 is 0. The molecular weight excluding hydrogens is 238 g/mol. The SMILES string of the molecule is C=CCN(CCC(=O)O)Cc1cccc(Cl)c1. The molecule has 1 aromatic rings. The van der Waals surface area contributed by atoms with Gasteiger partial charge in [0.15, 0.2) is 0 Å². The van der Waals surface area contributed by atoms with Crippen molar-refractivity contribution in [3.63, 3.8) is 0 Å². The van der Waals surface area contributed by atoms with E-state index in [1.165, 1.54) is 0 Å². The van der Waals surface area contributed by atoms with Gasteiger partial charge in [0.1, 0.15) is 0 Å². The highest BCUT2D eigenvalue weighted by atomic mass is 35.5. The molecule has 0 aliphatic carbocycles. The molecule has 0 atom stereocenters. The molecule has 1 rings (SSSR count). The van der Waals surface area contributed by atoms with E-state index in [4.69, 9.17) is 16.7 Å². The first-order valence-electron chi connectivity index (χ1n) is 5.41. The second-order valence-corrected chi connectivity index (χ2v) is 4.23. The van der Waals surface area contributed by atoms with E-state index in [1.54, 1.807) is 6.08 Å². The van der Waals surface area contributed by atoms with Crippen molar-refractivity contribution >= 4 is 17.6 Å². The summed E-state index contributed by atoms with van der Waals surface area (Å²) in [5, 5.41) is 9.36. The Morgan fingerprint density at radius 2 is 2.29 bits per heavy atom. The van der Waals surface area contributed by atoms with Crippen LogP contribution in [0.1, 0.15) is 12.0 Å². The largest absolute Gasteiger partial charge is 0.481 e. The van der Waals surface area contributed by atoms with Gasteiger partial charge >= 0.3 is 5.97 Å². The van der Waals surface area contributed by atoms with Crippen LogP contribution in [0.15, 0.2) is 36.9 Å². The van der Waals surface area contributed by atoms with E-state index < -0.39 is 5.97 Å². The van der Waals surface area contributed by atoms with Crippen molar-refractivity contribution in [1.82, 2.24) is 4.90 Å². The third-order valence-electron chi connectivity index (χ3n) is 2.32. The number of benzene rings is 1. The summed E-state index contributed by atoms with van der Waals surface area (Å²) in [6.07, 6.45) is 1.90. The van der Waals surface area contributed by atoms with Gasteiger partial charge < -0.3 is 5.11 Å². The zero-order valence-corrected chi connectivity index (χ0v) is 10.4. The molecule has 0 saturated heterocycles. The van der Waals surface area contributed by atoms with Crippen molar-refractivity contribution in [3.8, 4) is 0 Å². The van der Waals surface area contributed by atoms with Crippen molar-refractivity contribution < 1.29 is 9.90 Å². The second-order valence-electron chi connectivity index (χ2n) is 3.80. The van der Waals surface area contributed by atoms with E-state index in [0.717, 1.165) is 5.56 Å². The zero-order valence-electron chi connectivity index (χ0n) is 9.60. The molecule has 0 bridgehead atoms. The predicted molar refractivity (Wildman–Crippen MR) is 69.2 cm³/mol. The highest BCUT2D eigenvalue weighted by Gasteiger charge is 2.07. The quantitative estimate of drug-likeness (QED) is 0.760. The van der Waals surface area contributed by atoms with Gasteiger partial charge in [-0.15, -0.1) is 6.58 Å². The molecule has 1 aromatic carbocycles. The highest BCUT2D eigenvalue weighted by molar-refractivity contribution is 6.30. The minimum atomic E-state index is -0.787. The minimum Gasteiger partial charge on any atom is -0.481 e. The minimum absolute atomic E-state index is 0.133. The van der Waals surface area contributed by atoms with Gasteiger partial charge in [-0.05, 0) is 17.7 Å². The van der Waals surface area contributed by atoms with Crippen LogP contribution >= 0.6 is 11.6 Å². The Morgan fingerprint density at radius 1 is 1.53 bits per heavy atom. The number of halogens is 1. The molecule has 0 fully saturated rings. The van der Waals surface area contributed by atoms with Crippen molar-refractivity contribution in [2.75, 3.05) is 13.1 Å². The number of carboxylic acids is 1. The maximum Gasteiger partial charge on any atom is 0.304 e. The van der Waals surface area contributed by atoms with E-state index in [-0.39, 0.29) is 6.42 Å². The van der Waals surface area contributed by atoms with E-state index in [9.17, 15) is 4.79 Å². The van der Waals surface area contributed by atoms with Crippen LogP contribution < -0.4 is 0 Å². The molecule has 3 nitrogen and oxygen atoms in total. The van der Waals surface area contributed by atoms with Gasteiger partial charge in [-0.25, -0.2) is 0 Å². The first-order chi connectivity index (χ1) is 8.11. The Bertz CT molecular complexity index is 393. The summed E-state index contributed by atoms with van der Waals surface area (Å²) in [5.74, 6) is -0.787. The Labute approximate surface area is 106 Å². The number of hydrogen-bond acceptors (Lipinski definition) is 2. The molecule has 0 aliphatic heterocycles.